The second kappa shape index (κ2) is 5.30. The van der Waals surface area contributed by atoms with Gasteiger partial charge >= 0.3 is 0 Å². The molecule has 1 aromatic heterocycles. The van der Waals surface area contributed by atoms with Crippen molar-refractivity contribution in [1.82, 2.24) is 9.55 Å². The van der Waals surface area contributed by atoms with Gasteiger partial charge in [0.05, 0.1) is 12.0 Å². The molecule has 2 rings (SSSR count). The molecule has 108 valence electrons. The molecule has 0 spiro atoms. The maximum absolute atomic E-state index is 13.6. The molecule has 0 bridgehead atoms. The Morgan fingerprint density at radius 3 is 2.55 bits per heavy atom. The van der Waals surface area contributed by atoms with Crippen molar-refractivity contribution in [1.29, 1.82) is 0 Å². The molecule has 10 heteroatoms. The lowest BCUT2D eigenvalue weighted by molar-refractivity contribution is 0.581. The third kappa shape index (κ3) is 2.79. The fourth-order valence-corrected chi connectivity index (χ4v) is 3.56. The zero-order valence-corrected chi connectivity index (χ0v) is 13.0. The van der Waals surface area contributed by atoms with Crippen molar-refractivity contribution in [3.05, 3.63) is 39.7 Å². The van der Waals surface area contributed by atoms with Gasteiger partial charge in [-0.3, -0.25) is 4.72 Å². The van der Waals surface area contributed by atoms with Gasteiger partial charge in [0.2, 0.25) is 5.03 Å². The number of sulfonamides is 1. The molecule has 0 amide bonds. The van der Waals surface area contributed by atoms with Gasteiger partial charge in [-0.2, -0.15) is 8.42 Å². The Kier molecular flexibility index (Phi) is 4.03. The summed E-state index contributed by atoms with van der Waals surface area (Å²) in [5.74, 6) is -1.90. The van der Waals surface area contributed by atoms with Crippen molar-refractivity contribution in [2.45, 2.75) is 5.03 Å². The molecule has 5 nitrogen and oxygen atoms in total. The van der Waals surface area contributed by atoms with E-state index < -0.39 is 32.4 Å². The van der Waals surface area contributed by atoms with E-state index in [2.05, 4.69) is 20.9 Å². The van der Waals surface area contributed by atoms with Crippen molar-refractivity contribution >= 4 is 43.2 Å². The van der Waals surface area contributed by atoms with Gasteiger partial charge in [0.25, 0.3) is 10.0 Å². The van der Waals surface area contributed by atoms with Gasteiger partial charge in [-0.1, -0.05) is 11.6 Å². The minimum Gasteiger partial charge on any atom is -0.324 e. The minimum atomic E-state index is -4.19. The van der Waals surface area contributed by atoms with Gasteiger partial charge in [0, 0.05) is 17.6 Å². The molecule has 1 aromatic carbocycles. The molecule has 0 atom stereocenters. The average Bonchev–Trinajstić information content (AvgIpc) is 2.65. The van der Waals surface area contributed by atoms with E-state index in [9.17, 15) is 17.2 Å². The number of aryl methyl sites for hydroxylation is 1. The third-order valence-corrected chi connectivity index (χ3v) is 4.80. The number of imidazole rings is 1. The molecule has 20 heavy (non-hydrogen) atoms. The Labute approximate surface area is 126 Å². The third-order valence-electron chi connectivity index (χ3n) is 2.33. The fourth-order valence-electron chi connectivity index (χ4n) is 1.40. The summed E-state index contributed by atoms with van der Waals surface area (Å²) < 4.78 is 53.9. The first-order chi connectivity index (χ1) is 9.22. The van der Waals surface area contributed by atoms with Crippen LogP contribution in [0.5, 0.6) is 0 Å². The molecule has 0 radical (unpaired) electrons. The molecule has 0 saturated carbocycles. The van der Waals surface area contributed by atoms with Gasteiger partial charge in [0.15, 0.2) is 5.82 Å². The highest BCUT2D eigenvalue weighted by molar-refractivity contribution is 9.10. The number of aromatic nitrogens is 2. The highest BCUT2D eigenvalue weighted by Gasteiger charge is 2.25. The Hall–Kier alpha value is -1.19. The monoisotopic (exact) mass is 385 g/mol. The van der Waals surface area contributed by atoms with E-state index in [1.165, 1.54) is 17.9 Å². The molecule has 0 aliphatic rings. The predicted octanol–water partition coefficient (Wildman–Crippen LogP) is 2.92. The maximum Gasteiger partial charge on any atom is 0.282 e. The largest absolute Gasteiger partial charge is 0.324 e. The quantitative estimate of drug-likeness (QED) is 0.882. The van der Waals surface area contributed by atoms with Gasteiger partial charge in [-0.25, -0.2) is 13.8 Å². The van der Waals surface area contributed by atoms with Crippen molar-refractivity contribution in [3.63, 3.8) is 0 Å². The van der Waals surface area contributed by atoms with Gasteiger partial charge in [0.1, 0.15) is 11.0 Å². The van der Waals surface area contributed by atoms with Crippen LogP contribution >= 0.6 is 27.5 Å². The van der Waals surface area contributed by atoms with Crippen LogP contribution in [0.2, 0.25) is 5.15 Å². The second-order valence-corrected chi connectivity index (χ2v) is 6.61. The predicted molar refractivity (Wildman–Crippen MR) is 73.1 cm³/mol. The van der Waals surface area contributed by atoms with Crippen LogP contribution in [0.4, 0.5) is 14.5 Å². The van der Waals surface area contributed by atoms with Crippen LogP contribution in [0.1, 0.15) is 0 Å². The van der Waals surface area contributed by atoms with Crippen molar-refractivity contribution in [3.8, 4) is 0 Å². The highest BCUT2D eigenvalue weighted by Crippen LogP contribution is 2.30. The molecule has 0 saturated heterocycles. The lowest BCUT2D eigenvalue weighted by Gasteiger charge is -2.09. The summed E-state index contributed by atoms with van der Waals surface area (Å²) in [7, 11) is -2.68. The summed E-state index contributed by atoms with van der Waals surface area (Å²) in [6.07, 6.45) is 1.20. The van der Waals surface area contributed by atoms with Crippen LogP contribution in [-0.2, 0) is 17.1 Å². The number of nitrogens with zero attached hydrogens (tertiary/aromatic N) is 2. The summed E-state index contributed by atoms with van der Waals surface area (Å²) in [4.78, 5) is 3.63. The smallest absolute Gasteiger partial charge is 0.282 e. The molecule has 0 unspecified atom stereocenters. The number of hydrogen-bond acceptors (Lipinski definition) is 3. The Balaban J connectivity index is 2.47. The van der Waals surface area contributed by atoms with Gasteiger partial charge < -0.3 is 4.57 Å². The van der Waals surface area contributed by atoms with Gasteiger partial charge in [-0.15, -0.1) is 0 Å². The van der Waals surface area contributed by atoms with Crippen LogP contribution in [0.25, 0.3) is 0 Å². The van der Waals surface area contributed by atoms with Crippen LogP contribution in [0, 0.1) is 11.6 Å². The second-order valence-electron chi connectivity index (χ2n) is 3.80. The summed E-state index contributed by atoms with van der Waals surface area (Å²) in [6.45, 7) is 0. The van der Waals surface area contributed by atoms with E-state index in [1.807, 2.05) is 4.72 Å². The molecule has 1 heterocycles. The molecular formula is C10H7BrClF2N3O2S. The first-order valence-corrected chi connectivity index (χ1v) is 7.72. The number of nitrogens with one attached hydrogen (secondary N) is 1. The maximum atomic E-state index is 13.6. The minimum absolute atomic E-state index is 0.0781. The summed E-state index contributed by atoms with van der Waals surface area (Å²) in [6, 6.07) is 1.49. The van der Waals surface area contributed by atoms with E-state index in [1.54, 1.807) is 0 Å². The Morgan fingerprint density at radius 1 is 1.40 bits per heavy atom. The number of hydrogen-bond donors (Lipinski definition) is 1. The number of benzene rings is 1. The van der Waals surface area contributed by atoms with Crippen molar-refractivity contribution in [2.75, 3.05) is 4.72 Å². The SMILES string of the molecule is Cn1cnc(S(=O)(=O)Nc2c(F)cc(F)cc2Br)c1Cl. The molecular weight excluding hydrogens is 380 g/mol. The summed E-state index contributed by atoms with van der Waals surface area (Å²) >= 11 is 8.66. The first-order valence-electron chi connectivity index (χ1n) is 5.06. The van der Waals surface area contributed by atoms with E-state index in [4.69, 9.17) is 11.6 Å². The fraction of sp³-hybridized carbons (Fsp3) is 0.100. The standard InChI is InChI=1S/C10H7BrClF2N3O2S/c1-17-4-15-10(9(17)12)20(18,19)16-8-6(11)2-5(13)3-7(8)14/h2-4,16H,1H3. The van der Waals surface area contributed by atoms with E-state index in [0.29, 0.717) is 6.07 Å². The average molecular weight is 387 g/mol. The molecule has 1 N–H and O–H groups in total. The number of rotatable bonds is 3. The van der Waals surface area contributed by atoms with Crippen LogP contribution in [-0.4, -0.2) is 18.0 Å². The lowest BCUT2D eigenvalue weighted by atomic mass is 10.3. The van der Waals surface area contributed by atoms with E-state index in [-0.39, 0.29) is 9.63 Å². The van der Waals surface area contributed by atoms with Gasteiger partial charge in [-0.05, 0) is 22.0 Å². The Morgan fingerprint density at radius 2 is 2.05 bits per heavy atom. The van der Waals surface area contributed by atoms with Crippen LogP contribution in [0.3, 0.4) is 0 Å². The summed E-state index contributed by atoms with van der Waals surface area (Å²) in [5.41, 5.74) is -0.423. The molecule has 0 aliphatic heterocycles. The van der Waals surface area contributed by atoms with Crippen molar-refractivity contribution in [2.24, 2.45) is 7.05 Å². The molecule has 2 aromatic rings. The lowest BCUT2D eigenvalue weighted by Crippen LogP contribution is -2.15. The van der Waals surface area contributed by atoms with Crippen molar-refractivity contribution < 1.29 is 17.2 Å². The summed E-state index contributed by atoms with van der Waals surface area (Å²) in [5, 5.41) is -0.576. The normalized spacial score (nSPS) is 11.7. The number of anilines is 1. The highest BCUT2D eigenvalue weighted by atomic mass is 79.9. The van der Waals surface area contributed by atoms with Crippen LogP contribution in [0.15, 0.2) is 28.0 Å². The van der Waals surface area contributed by atoms with Crippen LogP contribution < -0.4 is 4.72 Å². The topological polar surface area (TPSA) is 64.0 Å². The number of halogens is 4. The Bertz CT molecular complexity index is 756. The van der Waals surface area contributed by atoms with E-state index in [0.717, 1.165) is 6.07 Å². The molecule has 0 aliphatic carbocycles. The first kappa shape index (κ1) is 15.2. The zero-order valence-electron chi connectivity index (χ0n) is 9.86. The van der Waals surface area contributed by atoms with E-state index >= 15 is 0 Å². The zero-order chi connectivity index (χ0) is 15.1. The molecule has 0 fully saturated rings.